The molecule has 1 saturated heterocycles. The Labute approximate surface area is 128 Å². The number of nitrogens with zero attached hydrogens (tertiary/aromatic N) is 2. The van der Waals surface area contributed by atoms with Crippen LogP contribution in [0.5, 0.6) is 0 Å². The normalized spacial score (nSPS) is 18.5. The molecule has 0 saturated carbocycles. The van der Waals surface area contributed by atoms with Crippen molar-refractivity contribution in [3.8, 4) is 0 Å². The molecule has 0 aliphatic carbocycles. The number of rotatable bonds is 5. The Morgan fingerprint density at radius 2 is 2.10 bits per heavy atom. The monoisotopic (exact) mass is 310 g/mol. The summed E-state index contributed by atoms with van der Waals surface area (Å²) in [6, 6.07) is 0.430. The van der Waals surface area contributed by atoms with Crippen LogP contribution >= 0.6 is 11.3 Å². The average Bonchev–Trinajstić information content (AvgIpc) is 3.01. The number of Topliss-reactive ketones (excluding diaryl/α,β-unsaturated/α-hetero) is 1. The van der Waals surface area contributed by atoms with E-state index in [4.69, 9.17) is 11.5 Å². The van der Waals surface area contributed by atoms with E-state index >= 15 is 0 Å². The lowest BCUT2D eigenvalue weighted by atomic mass is 10.1. The van der Waals surface area contributed by atoms with Gasteiger partial charge in [-0.1, -0.05) is 6.92 Å². The molecular formula is C14H22N4O2S. The van der Waals surface area contributed by atoms with Gasteiger partial charge < -0.3 is 21.3 Å². The molecule has 21 heavy (non-hydrogen) atoms. The number of thiophene rings is 1. The highest BCUT2D eigenvalue weighted by Crippen LogP contribution is 2.40. The van der Waals surface area contributed by atoms with E-state index in [9.17, 15) is 9.59 Å². The highest BCUT2D eigenvalue weighted by molar-refractivity contribution is 7.19. The zero-order valence-electron chi connectivity index (χ0n) is 12.7. The Bertz CT molecular complexity index is 568. The molecule has 1 fully saturated rings. The summed E-state index contributed by atoms with van der Waals surface area (Å²) in [7, 11) is 4.08. The maximum atomic E-state index is 12.0. The van der Waals surface area contributed by atoms with Crippen LogP contribution in [0.4, 0.5) is 10.7 Å². The Morgan fingerprint density at radius 1 is 1.43 bits per heavy atom. The quantitative estimate of drug-likeness (QED) is 0.796. The molecule has 1 atom stereocenters. The maximum absolute atomic E-state index is 12.0. The Hall–Kier alpha value is -1.60. The Morgan fingerprint density at radius 3 is 2.57 bits per heavy atom. The van der Waals surface area contributed by atoms with Crippen molar-refractivity contribution in [2.75, 3.05) is 37.8 Å². The highest BCUT2D eigenvalue weighted by atomic mass is 32.1. The van der Waals surface area contributed by atoms with Crippen LogP contribution in [0.1, 0.15) is 39.8 Å². The Kier molecular flexibility index (Phi) is 4.53. The minimum atomic E-state index is -0.567. The lowest BCUT2D eigenvalue weighted by Crippen LogP contribution is -2.31. The molecule has 2 rings (SSSR count). The van der Waals surface area contributed by atoms with E-state index in [1.54, 1.807) is 6.92 Å². The van der Waals surface area contributed by atoms with Gasteiger partial charge in [0.15, 0.2) is 5.78 Å². The second-order valence-electron chi connectivity index (χ2n) is 5.52. The van der Waals surface area contributed by atoms with Gasteiger partial charge >= 0.3 is 0 Å². The van der Waals surface area contributed by atoms with Crippen molar-refractivity contribution in [1.29, 1.82) is 0 Å². The lowest BCUT2D eigenvalue weighted by molar-refractivity contribution is 0.0991. The zero-order chi connectivity index (χ0) is 15.7. The highest BCUT2D eigenvalue weighted by Gasteiger charge is 2.31. The average molecular weight is 310 g/mol. The summed E-state index contributed by atoms with van der Waals surface area (Å²) in [6.45, 7) is 3.43. The third-order valence-electron chi connectivity index (χ3n) is 3.93. The van der Waals surface area contributed by atoms with E-state index in [-0.39, 0.29) is 11.5 Å². The second kappa shape index (κ2) is 6.03. The van der Waals surface area contributed by atoms with Gasteiger partial charge in [0, 0.05) is 25.6 Å². The second-order valence-corrected chi connectivity index (χ2v) is 6.52. The number of amides is 1. The summed E-state index contributed by atoms with van der Waals surface area (Å²) in [4.78, 5) is 28.4. The van der Waals surface area contributed by atoms with Crippen LogP contribution in [-0.4, -0.2) is 49.8 Å². The molecule has 0 spiro atoms. The van der Waals surface area contributed by atoms with Crippen molar-refractivity contribution in [1.82, 2.24) is 4.90 Å². The number of likely N-dealkylation sites (N-methyl/N-ethyl adjacent to an activating group) is 1. The van der Waals surface area contributed by atoms with Crippen molar-refractivity contribution in [2.24, 2.45) is 5.73 Å². The van der Waals surface area contributed by atoms with Gasteiger partial charge in [-0.2, -0.15) is 0 Å². The number of primary amides is 1. The largest absolute Gasteiger partial charge is 0.397 e. The lowest BCUT2D eigenvalue weighted by Gasteiger charge is -2.21. The van der Waals surface area contributed by atoms with Gasteiger partial charge in [0.1, 0.15) is 5.00 Å². The minimum absolute atomic E-state index is 0.0467. The number of ketones is 1. The summed E-state index contributed by atoms with van der Waals surface area (Å²) in [5.41, 5.74) is 12.0. The number of carbonyl (C=O) groups excluding carboxylic acids is 2. The number of hydrogen-bond donors (Lipinski definition) is 2. The summed E-state index contributed by atoms with van der Waals surface area (Å²) >= 11 is 1.29. The van der Waals surface area contributed by atoms with Gasteiger partial charge in [0.25, 0.3) is 5.91 Å². The summed E-state index contributed by atoms with van der Waals surface area (Å²) in [5, 5.41) is 0.737. The fraction of sp³-hybridized carbons (Fsp3) is 0.571. The first kappa shape index (κ1) is 15.8. The van der Waals surface area contributed by atoms with Gasteiger partial charge in [-0.25, -0.2) is 0 Å². The molecule has 2 heterocycles. The van der Waals surface area contributed by atoms with Gasteiger partial charge in [0.05, 0.1) is 16.1 Å². The molecule has 6 nitrogen and oxygen atoms in total. The van der Waals surface area contributed by atoms with Crippen molar-refractivity contribution < 1.29 is 9.59 Å². The minimum Gasteiger partial charge on any atom is -0.397 e. The van der Waals surface area contributed by atoms with Crippen LogP contribution in [0, 0.1) is 0 Å². The molecule has 1 aromatic heterocycles. The number of carbonyl (C=O) groups is 2. The first-order chi connectivity index (χ1) is 9.86. The van der Waals surface area contributed by atoms with E-state index in [0.29, 0.717) is 22.9 Å². The smallest absolute Gasteiger partial charge is 0.253 e. The first-order valence-corrected chi connectivity index (χ1v) is 7.85. The van der Waals surface area contributed by atoms with Crippen molar-refractivity contribution in [2.45, 2.75) is 25.8 Å². The number of nitrogens with two attached hydrogens (primary N) is 2. The molecule has 0 bridgehead atoms. The number of nitrogen functional groups attached to an aromatic ring is 1. The van der Waals surface area contributed by atoms with Crippen LogP contribution in [0.2, 0.25) is 0 Å². The molecule has 116 valence electrons. The topological polar surface area (TPSA) is 92.7 Å². The third kappa shape index (κ3) is 2.89. The van der Waals surface area contributed by atoms with E-state index in [1.807, 2.05) is 14.1 Å². The van der Waals surface area contributed by atoms with Gasteiger partial charge in [-0.3, -0.25) is 9.59 Å². The number of hydrogen-bond acceptors (Lipinski definition) is 6. The molecule has 1 unspecified atom stereocenters. The molecule has 1 aliphatic rings. The molecular weight excluding hydrogens is 288 g/mol. The molecule has 1 aromatic rings. The third-order valence-corrected chi connectivity index (χ3v) is 5.24. The van der Waals surface area contributed by atoms with Crippen LogP contribution in [0.15, 0.2) is 0 Å². The van der Waals surface area contributed by atoms with Gasteiger partial charge in [-0.15, -0.1) is 11.3 Å². The van der Waals surface area contributed by atoms with E-state index in [0.717, 1.165) is 24.5 Å². The van der Waals surface area contributed by atoms with Crippen molar-refractivity contribution in [3.63, 3.8) is 0 Å². The fourth-order valence-electron chi connectivity index (χ4n) is 2.61. The molecule has 4 N–H and O–H groups in total. The molecule has 1 aliphatic heterocycles. The van der Waals surface area contributed by atoms with Crippen molar-refractivity contribution in [3.05, 3.63) is 10.4 Å². The first-order valence-electron chi connectivity index (χ1n) is 7.03. The summed E-state index contributed by atoms with van der Waals surface area (Å²) in [6.07, 6.45) is 1.38. The van der Waals surface area contributed by atoms with Gasteiger partial charge in [0.2, 0.25) is 0 Å². The SMILES string of the molecule is CCC(=O)c1sc(N2CCC(N(C)C)C2)c(C(N)=O)c1N. The summed E-state index contributed by atoms with van der Waals surface area (Å²) in [5.74, 6) is -0.614. The molecule has 7 heteroatoms. The van der Waals surface area contributed by atoms with Crippen LogP contribution < -0.4 is 16.4 Å². The molecule has 0 radical (unpaired) electrons. The van der Waals surface area contributed by atoms with Crippen molar-refractivity contribution >= 4 is 33.7 Å². The van der Waals surface area contributed by atoms with E-state index in [1.165, 1.54) is 11.3 Å². The van der Waals surface area contributed by atoms with Crippen LogP contribution in [0.25, 0.3) is 0 Å². The number of anilines is 2. The summed E-state index contributed by atoms with van der Waals surface area (Å²) < 4.78 is 0. The molecule has 0 aromatic carbocycles. The zero-order valence-corrected chi connectivity index (χ0v) is 13.5. The van der Waals surface area contributed by atoms with E-state index in [2.05, 4.69) is 9.80 Å². The standard InChI is InChI=1S/C14H22N4O2S/c1-4-9(19)12-11(15)10(13(16)20)14(21-12)18-6-5-8(7-18)17(2)3/h8H,4-7,15H2,1-3H3,(H2,16,20). The molecule has 1 amide bonds. The predicted octanol–water partition coefficient (Wildman–Crippen LogP) is 1.16. The van der Waals surface area contributed by atoms with Crippen LogP contribution in [-0.2, 0) is 0 Å². The maximum Gasteiger partial charge on any atom is 0.253 e. The fourth-order valence-corrected chi connectivity index (χ4v) is 3.88. The van der Waals surface area contributed by atoms with Crippen LogP contribution in [0.3, 0.4) is 0 Å². The predicted molar refractivity (Wildman–Crippen MR) is 86.2 cm³/mol. The Balaban J connectivity index is 2.39. The van der Waals surface area contributed by atoms with Gasteiger partial charge in [-0.05, 0) is 20.5 Å². The van der Waals surface area contributed by atoms with E-state index < -0.39 is 5.91 Å².